The summed E-state index contributed by atoms with van der Waals surface area (Å²) in [4.78, 5) is 26.4. The first kappa shape index (κ1) is 14.5. The third-order valence-corrected chi connectivity index (χ3v) is 3.02. The van der Waals surface area contributed by atoms with Crippen LogP contribution in [0.1, 0.15) is 59.3 Å². The molecule has 0 bridgehead atoms. The number of carbonyl (C=O) groups excluding carboxylic acids is 2. The van der Waals surface area contributed by atoms with E-state index in [2.05, 4.69) is 24.1 Å². The fourth-order valence-corrected chi connectivity index (χ4v) is 2.01. The Bertz CT molecular complexity index is 459. The Morgan fingerprint density at radius 3 is 2.33 bits per heavy atom. The topological polar surface area (TPSA) is 62.0 Å². The predicted octanol–water partition coefficient (Wildman–Crippen LogP) is 2.61. The standard InChI is InChI=1S/C14H22N2O2/c1-8(2)6-7-15-14(18)12-9(3)13(11(5)17)16-10(12)4/h8,16H,6-7H2,1-5H3,(H,15,18). The smallest absolute Gasteiger partial charge is 0.253 e. The predicted molar refractivity (Wildman–Crippen MR) is 72.1 cm³/mol. The van der Waals surface area contributed by atoms with Crippen LogP contribution < -0.4 is 5.32 Å². The van der Waals surface area contributed by atoms with Crippen LogP contribution in [-0.4, -0.2) is 23.2 Å². The third-order valence-electron chi connectivity index (χ3n) is 3.02. The van der Waals surface area contributed by atoms with Crippen LogP contribution in [0.5, 0.6) is 0 Å². The van der Waals surface area contributed by atoms with E-state index >= 15 is 0 Å². The van der Waals surface area contributed by atoms with Crippen molar-refractivity contribution in [2.45, 2.75) is 41.0 Å². The van der Waals surface area contributed by atoms with Gasteiger partial charge in [0.15, 0.2) is 5.78 Å². The zero-order valence-electron chi connectivity index (χ0n) is 11.8. The molecule has 1 aromatic heterocycles. The van der Waals surface area contributed by atoms with Crippen molar-refractivity contribution in [1.29, 1.82) is 0 Å². The van der Waals surface area contributed by atoms with Crippen LogP contribution in [0.15, 0.2) is 0 Å². The van der Waals surface area contributed by atoms with Gasteiger partial charge in [0.25, 0.3) is 5.91 Å². The quantitative estimate of drug-likeness (QED) is 0.789. The number of aromatic nitrogens is 1. The molecule has 100 valence electrons. The number of carbonyl (C=O) groups is 2. The second-order valence-electron chi connectivity index (χ2n) is 5.12. The summed E-state index contributed by atoms with van der Waals surface area (Å²) in [5.74, 6) is 0.415. The molecule has 4 heteroatoms. The van der Waals surface area contributed by atoms with Crippen molar-refractivity contribution in [3.63, 3.8) is 0 Å². The lowest BCUT2D eigenvalue weighted by molar-refractivity contribution is 0.0950. The van der Waals surface area contributed by atoms with Crippen LogP contribution in [0.3, 0.4) is 0 Å². The van der Waals surface area contributed by atoms with Crippen LogP contribution in [0.2, 0.25) is 0 Å². The summed E-state index contributed by atoms with van der Waals surface area (Å²) >= 11 is 0. The van der Waals surface area contributed by atoms with Crippen LogP contribution >= 0.6 is 0 Å². The molecule has 1 heterocycles. The van der Waals surface area contributed by atoms with Gasteiger partial charge in [-0.1, -0.05) is 13.8 Å². The molecule has 1 aromatic rings. The molecule has 0 fully saturated rings. The number of aryl methyl sites for hydroxylation is 1. The van der Waals surface area contributed by atoms with E-state index in [1.807, 2.05) is 6.92 Å². The highest BCUT2D eigenvalue weighted by molar-refractivity contribution is 6.02. The molecular formula is C14H22N2O2. The minimum Gasteiger partial charge on any atom is -0.355 e. The molecule has 0 aromatic carbocycles. The Hall–Kier alpha value is -1.58. The maximum absolute atomic E-state index is 12.1. The van der Waals surface area contributed by atoms with E-state index < -0.39 is 0 Å². The molecule has 0 spiro atoms. The van der Waals surface area contributed by atoms with E-state index in [9.17, 15) is 9.59 Å². The molecule has 0 unspecified atom stereocenters. The molecule has 2 N–H and O–H groups in total. The van der Waals surface area contributed by atoms with Crippen LogP contribution in [0.4, 0.5) is 0 Å². The van der Waals surface area contributed by atoms with Crippen LogP contribution in [0, 0.1) is 19.8 Å². The van der Waals surface area contributed by atoms with Crippen molar-refractivity contribution >= 4 is 11.7 Å². The second-order valence-corrected chi connectivity index (χ2v) is 5.12. The largest absolute Gasteiger partial charge is 0.355 e. The lowest BCUT2D eigenvalue weighted by atomic mass is 10.1. The number of hydrogen-bond acceptors (Lipinski definition) is 2. The fourth-order valence-electron chi connectivity index (χ4n) is 2.01. The molecular weight excluding hydrogens is 228 g/mol. The minimum atomic E-state index is -0.102. The number of amides is 1. The maximum atomic E-state index is 12.1. The first-order valence-electron chi connectivity index (χ1n) is 6.32. The monoisotopic (exact) mass is 250 g/mol. The Balaban J connectivity index is 2.83. The van der Waals surface area contributed by atoms with Crippen LogP contribution in [-0.2, 0) is 0 Å². The summed E-state index contributed by atoms with van der Waals surface area (Å²) in [6.07, 6.45) is 0.952. The molecule has 0 saturated carbocycles. The lowest BCUT2D eigenvalue weighted by Crippen LogP contribution is -2.26. The number of nitrogens with one attached hydrogen (secondary N) is 2. The SMILES string of the molecule is CC(=O)c1[nH]c(C)c(C(=O)NCCC(C)C)c1C. The van der Waals surface area contributed by atoms with Gasteiger partial charge in [0, 0.05) is 19.2 Å². The summed E-state index contributed by atoms with van der Waals surface area (Å²) in [7, 11) is 0. The average Bonchev–Trinajstić information content (AvgIpc) is 2.53. The van der Waals surface area contributed by atoms with Crippen molar-refractivity contribution in [2.75, 3.05) is 6.54 Å². The van der Waals surface area contributed by atoms with Gasteiger partial charge >= 0.3 is 0 Å². The van der Waals surface area contributed by atoms with Crippen molar-refractivity contribution in [1.82, 2.24) is 10.3 Å². The van der Waals surface area contributed by atoms with Gasteiger partial charge in [-0.2, -0.15) is 0 Å². The van der Waals surface area contributed by atoms with E-state index in [0.29, 0.717) is 23.7 Å². The Labute approximate surface area is 108 Å². The van der Waals surface area contributed by atoms with Gasteiger partial charge < -0.3 is 10.3 Å². The van der Waals surface area contributed by atoms with Crippen molar-refractivity contribution < 1.29 is 9.59 Å². The van der Waals surface area contributed by atoms with Crippen LogP contribution in [0.25, 0.3) is 0 Å². The number of H-pyrrole nitrogens is 1. The zero-order valence-corrected chi connectivity index (χ0v) is 11.8. The normalized spacial score (nSPS) is 10.8. The highest BCUT2D eigenvalue weighted by atomic mass is 16.1. The molecule has 4 nitrogen and oxygen atoms in total. The number of hydrogen-bond donors (Lipinski definition) is 2. The molecule has 0 aliphatic rings. The number of Topliss-reactive ketones (excluding diaryl/α,β-unsaturated/α-hetero) is 1. The van der Waals surface area contributed by atoms with Gasteiger partial charge in [0.05, 0.1) is 11.3 Å². The van der Waals surface area contributed by atoms with Crippen molar-refractivity contribution in [2.24, 2.45) is 5.92 Å². The molecule has 0 radical (unpaired) electrons. The summed E-state index contributed by atoms with van der Waals surface area (Å²) in [5.41, 5.74) is 2.62. The second kappa shape index (κ2) is 5.85. The van der Waals surface area contributed by atoms with Gasteiger partial charge in [-0.3, -0.25) is 9.59 Å². The average molecular weight is 250 g/mol. The maximum Gasteiger partial charge on any atom is 0.253 e. The first-order valence-corrected chi connectivity index (χ1v) is 6.32. The zero-order chi connectivity index (χ0) is 13.9. The minimum absolute atomic E-state index is 0.0446. The molecule has 18 heavy (non-hydrogen) atoms. The molecule has 0 aliphatic carbocycles. The Morgan fingerprint density at radius 2 is 1.89 bits per heavy atom. The van der Waals surface area contributed by atoms with E-state index in [1.54, 1.807) is 6.92 Å². The summed E-state index contributed by atoms with van der Waals surface area (Å²) < 4.78 is 0. The van der Waals surface area contributed by atoms with Gasteiger partial charge in [-0.25, -0.2) is 0 Å². The van der Waals surface area contributed by atoms with E-state index in [0.717, 1.165) is 17.7 Å². The highest BCUT2D eigenvalue weighted by Crippen LogP contribution is 2.18. The molecule has 0 saturated heterocycles. The van der Waals surface area contributed by atoms with E-state index in [4.69, 9.17) is 0 Å². The summed E-state index contributed by atoms with van der Waals surface area (Å²) in [5, 5.41) is 2.89. The number of rotatable bonds is 5. The fraction of sp³-hybridized carbons (Fsp3) is 0.571. The van der Waals surface area contributed by atoms with Gasteiger partial charge in [0.2, 0.25) is 0 Å². The number of aromatic amines is 1. The van der Waals surface area contributed by atoms with E-state index in [1.165, 1.54) is 6.92 Å². The first-order chi connectivity index (χ1) is 8.34. The molecule has 0 aliphatic heterocycles. The van der Waals surface area contributed by atoms with Crippen molar-refractivity contribution in [3.8, 4) is 0 Å². The van der Waals surface area contributed by atoms with Gasteiger partial charge in [-0.15, -0.1) is 0 Å². The Kier molecular flexibility index (Phi) is 4.70. The summed E-state index contributed by atoms with van der Waals surface area (Å²) in [6, 6.07) is 0. The molecule has 0 atom stereocenters. The third kappa shape index (κ3) is 3.22. The highest BCUT2D eigenvalue weighted by Gasteiger charge is 2.19. The lowest BCUT2D eigenvalue weighted by Gasteiger charge is -2.07. The summed E-state index contributed by atoms with van der Waals surface area (Å²) in [6.45, 7) is 10.0. The molecule has 1 amide bonds. The molecule has 1 rings (SSSR count). The Morgan fingerprint density at radius 1 is 1.28 bits per heavy atom. The van der Waals surface area contributed by atoms with Gasteiger partial charge in [-0.05, 0) is 31.7 Å². The van der Waals surface area contributed by atoms with Gasteiger partial charge in [0.1, 0.15) is 0 Å². The number of ketones is 1. The van der Waals surface area contributed by atoms with Crippen molar-refractivity contribution in [3.05, 3.63) is 22.5 Å². The van der Waals surface area contributed by atoms with E-state index in [-0.39, 0.29) is 11.7 Å².